The first-order valence-electron chi connectivity index (χ1n) is 4.99. The number of benzene rings is 1. The summed E-state index contributed by atoms with van der Waals surface area (Å²) in [5.41, 5.74) is 4.04. The smallest absolute Gasteiger partial charge is 0.0898 e. The summed E-state index contributed by atoms with van der Waals surface area (Å²) in [5, 5.41) is 2.53. The Kier molecular flexibility index (Phi) is 1.37. The van der Waals surface area contributed by atoms with Crippen LogP contribution in [0.4, 0.5) is 0 Å². The van der Waals surface area contributed by atoms with E-state index in [0.717, 1.165) is 17.7 Å². The molecule has 15 heavy (non-hydrogen) atoms. The molecule has 3 aliphatic rings. The van der Waals surface area contributed by atoms with Gasteiger partial charge in [0.15, 0.2) is 0 Å². The highest BCUT2D eigenvalue weighted by Gasteiger charge is 2.20. The third-order valence-corrected chi connectivity index (χ3v) is 3.98. The molecule has 0 N–H and O–H groups in total. The molecule has 0 atom stereocenters. The lowest BCUT2D eigenvalue weighted by Crippen LogP contribution is -2.13. The second kappa shape index (κ2) is 2.61. The van der Waals surface area contributed by atoms with E-state index >= 15 is 0 Å². The Morgan fingerprint density at radius 2 is 2.27 bits per heavy atom. The summed E-state index contributed by atoms with van der Waals surface area (Å²) in [4.78, 5) is 10.1. The standard InChI is InChI=1S/C12H8N2S/c1-7-4-13-5-8(1)10-3-12-11(2-9(7)10)14-6-15-12/h2-5H,1,6H2. The molecule has 0 radical (unpaired) electrons. The van der Waals surface area contributed by atoms with E-state index in [-0.39, 0.29) is 0 Å². The zero-order valence-corrected chi connectivity index (χ0v) is 8.84. The number of fused-ring (bicyclic) bond motifs is 5. The van der Waals surface area contributed by atoms with Crippen molar-refractivity contribution in [3.63, 3.8) is 0 Å². The fraction of sp³-hybridized carbons (Fsp3) is 0.167. The Balaban J connectivity index is 2.19. The highest BCUT2D eigenvalue weighted by atomic mass is 32.2. The maximum absolute atomic E-state index is 4.48. The van der Waals surface area contributed by atoms with Crippen molar-refractivity contribution >= 4 is 29.1 Å². The molecule has 2 heterocycles. The molecule has 0 saturated carbocycles. The highest BCUT2D eigenvalue weighted by Crippen LogP contribution is 2.29. The van der Waals surface area contributed by atoms with Gasteiger partial charge in [-0.05, 0) is 34.1 Å². The van der Waals surface area contributed by atoms with Gasteiger partial charge in [-0.1, -0.05) is 0 Å². The van der Waals surface area contributed by atoms with Gasteiger partial charge >= 0.3 is 0 Å². The number of hydrogen-bond donors (Lipinski definition) is 0. The number of allylic oxidation sites excluding steroid dienone is 1. The minimum atomic E-state index is 0.876. The third-order valence-electron chi connectivity index (χ3n) is 3.09. The van der Waals surface area contributed by atoms with Crippen LogP contribution in [0.2, 0.25) is 0 Å². The van der Waals surface area contributed by atoms with Crippen molar-refractivity contribution in [1.29, 1.82) is 0 Å². The second-order valence-corrected chi connectivity index (χ2v) is 4.92. The molecule has 0 fully saturated rings. The molecular weight excluding hydrogens is 204 g/mol. The lowest BCUT2D eigenvalue weighted by molar-refractivity contribution is 1.20. The largest absolute Gasteiger partial charge is 0.273 e. The topological polar surface area (TPSA) is 24.7 Å². The van der Waals surface area contributed by atoms with Crippen LogP contribution >= 0.6 is 11.8 Å². The van der Waals surface area contributed by atoms with Crippen LogP contribution in [0.1, 0.15) is 12.0 Å². The van der Waals surface area contributed by atoms with Crippen molar-refractivity contribution in [3.8, 4) is 0 Å². The molecule has 4 rings (SSSR count). The molecule has 1 aromatic carbocycles. The Morgan fingerprint density at radius 3 is 3.27 bits per heavy atom. The first-order valence-corrected chi connectivity index (χ1v) is 5.97. The predicted molar refractivity (Wildman–Crippen MR) is 62.4 cm³/mol. The summed E-state index contributed by atoms with van der Waals surface area (Å²) in [6, 6.07) is 4.50. The average Bonchev–Trinajstić information content (AvgIpc) is 2.82. The molecule has 0 spiro atoms. The summed E-state index contributed by atoms with van der Waals surface area (Å²) >= 11 is 1.82. The molecule has 0 unspecified atom stereocenters. The van der Waals surface area contributed by atoms with E-state index in [1.54, 1.807) is 0 Å². The van der Waals surface area contributed by atoms with E-state index < -0.39 is 0 Å². The van der Waals surface area contributed by atoms with Gasteiger partial charge in [0, 0.05) is 23.7 Å². The second-order valence-electron chi connectivity index (χ2n) is 3.93. The summed E-state index contributed by atoms with van der Waals surface area (Å²) in [7, 11) is 0. The first kappa shape index (κ1) is 7.88. The molecule has 3 heteroatoms. The highest BCUT2D eigenvalue weighted by molar-refractivity contribution is 7.99. The van der Waals surface area contributed by atoms with Crippen LogP contribution in [0.3, 0.4) is 0 Å². The summed E-state index contributed by atoms with van der Waals surface area (Å²) in [6.07, 6.45) is 5.01. The fourth-order valence-corrected chi connectivity index (χ4v) is 3.17. The Morgan fingerprint density at radius 1 is 1.27 bits per heavy atom. The zero-order valence-electron chi connectivity index (χ0n) is 8.03. The molecule has 72 valence electrons. The lowest BCUT2D eigenvalue weighted by Gasteiger charge is -2.00. The van der Waals surface area contributed by atoms with Gasteiger partial charge in [-0.2, -0.15) is 0 Å². The van der Waals surface area contributed by atoms with Crippen LogP contribution in [0.25, 0.3) is 11.1 Å². The van der Waals surface area contributed by atoms with Gasteiger partial charge in [-0.15, -0.1) is 11.8 Å². The van der Waals surface area contributed by atoms with Gasteiger partial charge < -0.3 is 0 Å². The van der Waals surface area contributed by atoms with Crippen LogP contribution < -0.4 is 10.6 Å². The van der Waals surface area contributed by atoms with Gasteiger partial charge in [0.05, 0.1) is 11.2 Å². The van der Waals surface area contributed by atoms with Crippen LogP contribution in [-0.4, -0.2) is 12.1 Å². The van der Waals surface area contributed by atoms with E-state index in [4.69, 9.17) is 0 Å². The number of aliphatic imine (C=N–C) groups is 1. The van der Waals surface area contributed by atoms with Crippen molar-refractivity contribution < 1.29 is 0 Å². The lowest BCUT2D eigenvalue weighted by atomic mass is 10.1. The van der Waals surface area contributed by atoms with Crippen LogP contribution in [0.5, 0.6) is 0 Å². The number of rotatable bonds is 0. The Bertz CT molecular complexity index is 653. The number of nitrogens with zero attached hydrogens (tertiary/aromatic N) is 2. The summed E-state index contributed by atoms with van der Waals surface area (Å²) < 4.78 is 0. The number of thioether (sulfide) groups is 1. The minimum absolute atomic E-state index is 0.876. The molecule has 2 aliphatic heterocycles. The average molecular weight is 212 g/mol. The molecule has 0 saturated heterocycles. The van der Waals surface area contributed by atoms with Crippen molar-refractivity contribution in [1.82, 2.24) is 0 Å². The summed E-state index contributed by atoms with van der Waals surface area (Å²) in [6.45, 7) is 0. The Labute approximate surface area is 91.1 Å². The van der Waals surface area contributed by atoms with E-state index in [9.17, 15) is 0 Å². The molecule has 0 aromatic heterocycles. The van der Waals surface area contributed by atoms with Crippen molar-refractivity contribution in [2.45, 2.75) is 11.3 Å². The molecular formula is C12H8N2S. The predicted octanol–water partition coefficient (Wildman–Crippen LogP) is 1.35. The van der Waals surface area contributed by atoms with Crippen molar-refractivity contribution in [2.24, 2.45) is 9.98 Å². The molecule has 1 aliphatic carbocycles. The van der Waals surface area contributed by atoms with Gasteiger partial charge in [0.1, 0.15) is 0 Å². The van der Waals surface area contributed by atoms with Crippen molar-refractivity contribution in [3.05, 3.63) is 34.5 Å². The van der Waals surface area contributed by atoms with E-state index in [2.05, 4.69) is 22.1 Å². The third kappa shape index (κ3) is 0.960. The zero-order chi connectivity index (χ0) is 9.83. The molecule has 2 nitrogen and oxygen atoms in total. The maximum atomic E-state index is 4.48. The van der Waals surface area contributed by atoms with E-state index in [1.165, 1.54) is 26.8 Å². The van der Waals surface area contributed by atoms with Gasteiger partial charge in [-0.25, -0.2) is 0 Å². The summed E-state index contributed by atoms with van der Waals surface area (Å²) in [5.74, 6) is 0.876. The molecule has 2 bridgehead atoms. The van der Waals surface area contributed by atoms with Gasteiger partial charge in [0.25, 0.3) is 0 Å². The first-order chi connectivity index (χ1) is 7.42. The fourth-order valence-electron chi connectivity index (χ4n) is 2.35. The van der Waals surface area contributed by atoms with Crippen LogP contribution in [-0.2, 0) is 0 Å². The van der Waals surface area contributed by atoms with Gasteiger partial charge in [-0.3, -0.25) is 9.98 Å². The van der Waals surface area contributed by atoms with Crippen LogP contribution in [0, 0.1) is 0 Å². The van der Waals surface area contributed by atoms with Gasteiger partial charge in [0.2, 0.25) is 0 Å². The van der Waals surface area contributed by atoms with E-state index in [1.807, 2.05) is 24.2 Å². The minimum Gasteiger partial charge on any atom is -0.273 e. The number of hydrogen-bond acceptors (Lipinski definition) is 3. The quantitative estimate of drug-likeness (QED) is 0.637. The van der Waals surface area contributed by atoms with Crippen molar-refractivity contribution in [2.75, 3.05) is 5.88 Å². The molecule has 1 aromatic rings. The van der Waals surface area contributed by atoms with E-state index in [0.29, 0.717) is 0 Å². The Hall–Kier alpha value is -1.35. The SMILES string of the molecule is C1=NC=C2CC1=c1cc3c(cc12)=NCS3. The van der Waals surface area contributed by atoms with Crippen LogP contribution in [0.15, 0.2) is 33.2 Å². The normalized spacial score (nSPS) is 19.7. The maximum Gasteiger partial charge on any atom is 0.0898 e. The monoisotopic (exact) mass is 212 g/mol. The molecule has 0 amide bonds.